The second kappa shape index (κ2) is 5.14. The Morgan fingerprint density at radius 3 is 3.20 bits per heavy atom. The van der Waals surface area contributed by atoms with Gasteiger partial charge in [-0.05, 0) is 34.8 Å². The minimum Gasteiger partial charge on any atom is -0.379 e. The fourth-order valence-corrected chi connectivity index (χ4v) is 2.09. The summed E-state index contributed by atoms with van der Waals surface area (Å²) in [6.07, 6.45) is 3.89. The van der Waals surface area contributed by atoms with Gasteiger partial charge in [0.1, 0.15) is 0 Å². The van der Waals surface area contributed by atoms with Gasteiger partial charge in [0.15, 0.2) is 5.15 Å². The Kier molecular flexibility index (Phi) is 3.83. The number of rotatable bonds is 2. The maximum absolute atomic E-state index is 5.98. The molecule has 15 heavy (non-hydrogen) atoms. The standard InChI is InChI=1S/C10H12BrClN2O/c11-7-4-9(10(12)13-5-7)14-8-2-1-3-15-6-8/h4-5,8,14H,1-3,6H2. The van der Waals surface area contributed by atoms with Gasteiger partial charge in [0.25, 0.3) is 0 Å². The normalized spacial score (nSPS) is 21.3. The fourth-order valence-electron chi connectivity index (χ4n) is 1.60. The van der Waals surface area contributed by atoms with Gasteiger partial charge in [-0.2, -0.15) is 0 Å². The molecule has 2 heterocycles. The van der Waals surface area contributed by atoms with Crippen LogP contribution in [0.2, 0.25) is 5.15 Å². The highest BCUT2D eigenvalue weighted by molar-refractivity contribution is 9.10. The molecule has 1 atom stereocenters. The number of hydrogen-bond donors (Lipinski definition) is 1. The van der Waals surface area contributed by atoms with Gasteiger partial charge < -0.3 is 10.1 Å². The first kappa shape index (κ1) is 11.2. The SMILES string of the molecule is Clc1ncc(Br)cc1NC1CCCOC1. The number of nitrogens with one attached hydrogen (secondary N) is 1. The van der Waals surface area contributed by atoms with Crippen molar-refractivity contribution < 1.29 is 4.74 Å². The molecule has 5 heteroatoms. The average molecular weight is 292 g/mol. The highest BCUT2D eigenvalue weighted by Gasteiger charge is 2.15. The molecule has 0 spiro atoms. The highest BCUT2D eigenvalue weighted by Crippen LogP contribution is 2.24. The van der Waals surface area contributed by atoms with Crippen LogP contribution < -0.4 is 5.32 Å². The van der Waals surface area contributed by atoms with Crippen LogP contribution in [-0.2, 0) is 4.74 Å². The summed E-state index contributed by atoms with van der Waals surface area (Å²) in [5.41, 5.74) is 0.863. The lowest BCUT2D eigenvalue weighted by Gasteiger charge is -2.24. The van der Waals surface area contributed by atoms with Crippen LogP contribution in [0.1, 0.15) is 12.8 Å². The second-order valence-corrected chi connectivity index (χ2v) is 4.82. The molecule has 2 rings (SSSR count). The smallest absolute Gasteiger partial charge is 0.152 e. The van der Waals surface area contributed by atoms with Crippen molar-refractivity contribution >= 4 is 33.2 Å². The lowest BCUT2D eigenvalue weighted by Crippen LogP contribution is -2.30. The Bertz CT molecular complexity index is 342. The summed E-state index contributed by atoms with van der Waals surface area (Å²) < 4.78 is 6.31. The molecular weight excluding hydrogens is 279 g/mol. The maximum atomic E-state index is 5.98. The Labute approximate surface area is 102 Å². The zero-order valence-corrected chi connectivity index (χ0v) is 10.5. The summed E-state index contributed by atoms with van der Waals surface area (Å²) in [6.45, 7) is 1.60. The Morgan fingerprint density at radius 2 is 2.47 bits per heavy atom. The summed E-state index contributed by atoms with van der Waals surface area (Å²) in [7, 11) is 0. The predicted octanol–water partition coefficient (Wildman–Crippen LogP) is 3.09. The molecular formula is C10H12BrClN2O. The van der Waals surface area contributed by atoms with Crippen LogP contribution in [0.5, 0.6) is 0 Å². The van der Waals surface area contributed by atoms with Gasteiger partial charge in [0, 0.05) is 23.3 Å². The molecule has 0 radical (unpaired) electrons. The molecule has 1 aliphatic rings. The van der Waals surface area contributed by atoms with Crippen molar-refractivity contribution in [3.8, 4) is 0 Å². The van der Waals surface area contributed by atoms with E-state index >= 15 is 0 Å². The molecule has 0 amide bonds. The van der Waals surface area contributed by atoms with Crippen LogP contribution in [0.25, 0.3) is 0 Å². The number of hydrogen-bond acceptors (Lipinski definition) is 3. The van der Waals surface area contributed by atoms with E-state index in [1.54, 1.807) is 6.20 Å². The van der Waals surface area contributed by atoms with Crippen molar-refractivity contribution in [1.29, 1.82) is 0 Å². The van der Waals surface area contributed by atoms with Crippen molar-refractivity contribution in [3.05, 3.63) is 21.9 Å². The monoisotopic (exact) mass is 290 g/mol. The van der Waals surface area contributed by atoms with Gasteiger partial charge in [0.2, 0.25) is 0 Å². The molecule has 1 unspecified atom stereocenters. The topological polar surface area (TPSA) is 34.2 Å². The number of aromatic nitrogens is 1. The van der Waals surface area contributed by atoms with Crippen LogP contribution >= 0.6 is 27.5 Å². The number of pyridine rings is 1. The van der Waals surface area contributed by atoms with Crippen molar-refractivity contribution in [1.82, 2.24) is 4.98 Å². The van der Waals surface area contributed by atoms with Gasteiger partial charge >= 0.3 is 0 Å². The summed E-state index contributed by atoms with van der Waals surface area (Å²) >= 11 is 9.35. The van der Waals surface area contributed by atoms with Crippen LogP contribution in [0.4, 0.5) is 5.69 Å². The Hall–Kier alpha value is -0.320. The van der Waals surface area contributed by atoms with E-state index in [4.69, 9.17) is 16.3 Å². The maximum Gasteiger partial charge on any atom is 0.152 e. The number of nitrogens with zero attached hydrogens (tertiary/aromatic N) is 1. The van der Waals surface area contributed by atoms with Crippen molar-refractivity contribution in [2.45, 2.75) is 18.9 Å². The molecule has 1 saturated heterocycles. The number of ether oxygens (including phenoxy) is 1. The first-order valence-corrected chi connectivity index (χ1v) is 6.08. The molecule has 1 aromatic rings. The van der Waals surface area contributed by atoms with Crippen LogP contribution in [0, 0.1) is 0 Å². The van der Waals surface area contributed by atoms with Crippen molar-refractivity contribution in [2.24, 2.45) is 0 Å². The summed E-state index contributed by atoms with van der Waals surface area (Å²) in [5, 5.41) is 3.84. The third kappa shape index (κ3) is 3.06. The summed E-state index contributed by atoms with van der Waals surface area (Å²) in [6, 6.07) is 2.27. The van der Waals surface area contributed by atoms with Gasteiger partial charge in [-0.3, -0.25) is 0 Å². The number of halogens is 2. The molecule has 3 nitrogen and oxygen atoms in total. The molecule has 1 fully saturated rings. The lowest BCUT2D eigenvalue weighted by molar-refractivity contribution is 0.0876. The van der Waals surface area contributed by atoms with Crippen molar-refractivity contribution in [2.75, 3.05) is 18.5 Å². The average Bonchev–Trinajstić information content (AvgIpc) is 2.25. The van der Waals surface area contributed by atoms with E-state index in [2.05, 4.69) is 26.2 Å². The summed E-state index contributed by atoms with van der Waals surface area (Å²) in [4.78, 5) is 4.06. The van der Waals surface area contributed by atoms with Crippen molar-refractivity contribution in [3.63, 3.8) is 0 Å². The largest absolute Gasteiger partial charge is 0.379 e. The molecule has 1 aliphatic heterocycles. The van der Waals surface area contributed by atoms with Gasteiger partial charge in [-0.25, -0.2) is 4.98 Å². The van der Waals surface area contributed by atoms with Gasteiger partial charge in [-0.15, -0.1) is 0 Å². The minimum atomic E-state index is 0.340. The van der Waals surface area contributed by atoms with Crippen LogP contribution in [0.15, 0.2) is 16.7 Å². The van der Waals surface area contributed by atoms with E-state index in [9.17, 15) is 0 Å². The summed E-state index contributed by atoms with van der Waals surface area (Å²) in [5.74, 6) is 0. The molecule has 0 aliphatic carbocycles. The second-order valence-electron chi connectivity index (χ2n) is 3.55. The third-order valence-electron chi connectivity index (χ3n) is 2.33. The van der Waals surface area contributed by atoms with Crippen LogP contribution in [0.3, 0.4) is 0 Å². The van der Waals surface area contributed by atoms with E-state index in [1.165, 1.54) is 0 Å². The number of anilines is 1. The molecule has 0 bridgehead atoms. The Morgan fingerprint density at radius 1 is 1.60 bits per heavy atom. The van der Waals surface area contributed by atoms with E-state index in [-0.39, 0.29) is 0 Å². The fraction of sp³-hybridized carbons (Fsp3) is 0.500. The minimum absolute atomic E-state index is 0.340. The first-order valence-electron chi connectivity index (χ1n) is 4.91. The Balaban J connectivity index is 2.05. The third-order valence-corrected chi connectivity index (χ3v) is 3.06. The van der Waals surface area contributed by atoms with E-state index in [0.717, 1.165) is 36.2 Å². The van der Waals surface area contributed by atoms with Gasteiger partial charge in [0.05, 0.1) is 12.3 Å². The van der Waals surface area contributed by atoms with Crippen LogP contribution in [-0.4, -0.2) is 24.2 Å². The zero-order valence-electron chi connectivity index (χ0n) is 8.17. The zero-order chi connectivity index (χ0) is 10.7. The van der Waals surface area contributed by atoms with Gasteiger partial charge in [-0.1, -0.05) is 11.6 Å². The molecule has 1 aromatic heterocycles. The van der Waals surface area contributed by atoms with E-state index in [1.807, 2.05) is 6.07 Å². The highest BCUT2D eigenvalue weighted by atomic mass is 79.9. The van der Waals surface area contributed by atoms with E-state index < -0.39 is 0 Å². The molecule has 0 saturated carbocycles. The molecule has 0 aromatic carbocycles. The predicted molar refractivity (Wildman–Crippen MR) is 64.4 cm³/mol. The van der Waals surface area contributed by atoms with E-state index in [0.29, 0.717) is 11.2 Å². The quantitative estimate of drug-likeness (QED) is 0.850. The molecule has 1 N–H and O–H groups in total. The first-order chi connectivity index (χ1) is 7.25. The molecule has 82 valence electrons. The lowest BCUT2D eigenvalue weighted by atomic mass is 10.1.